The molecule has 6 nitrogen and oxygen atoms in total. The molecule has 2 fully saturated rings. The number of hydrogen-bond acceptors (Lipinski definition) is 4. The zero-order valence-corrected chi connectivity index (χ0v) is 13.3. The Hall–Kier alpha value is -1.21. The molecule has 3 rings (SSSR count). The summed E-state index contributed by atoms with van der Waals surface area (Å²) in [6.07, 6.45) is 3.02. The van der Waals surface area contributed by atoms with Crippen molar-refractivity contribution in [2.24, 2.45) is 11.3 Å². The minimum atomic E-state index is 0.140. The van der Waals surface area contributed by atoms with Gasteiger partial charge in [-0.05, 0) is 50.7 Å². The molecule has 0 radical (unpaired) electrons. The highest BCUT2D eigenvalue weighted by Gasteiger charge is 2.57. The highest BCUT2D eigenvalue weighted by atomic mass is 32.1. The highest BCUT2D eigenvalue weighted by molar-refractivity contribution is 7.71. The second kappa shape index (κ2) is 5.53. The van der Waals surface area contributed by atoms with Gasteiger partial charge in [-0.15, -0.1) is 0 Å². The van der Waals surface area contributed by atoms with Gasteiger partial charge in [0.1, 0.15) is 0 Å². The second-order valence-electron chi connectivity index (χ2n) is 6.36. The molecule has 7 heteroatoms. The van der Waals surface area contributed by atoms with Crippen molar-refractivity contribution < 1.29 is 9.53 Å². The number of carbonyl (C=O) groups is 1. The molecule has 1 aliphatic heterocycles. The summed E-state index contributed by atoms with van der Waals surface area (Å²) in [6, 6.07) is 0.228. The minimum absolute atomic E-state index is 0.140. The average molecular weight is 310 g/mol. The molecule has 1 aliphatic carbocycles. The van der Waals surface area contributed by atoms with Gasteiger partial charge in [-0.25, -0.2) is 0 Å². The molecule has 1 aromatic heterocycles. The smallest absolute Gasteiger partial charge is 0.224 e. The number of amides is 1. The molecule has 2 N–H and O–H groups in total. The first-order chi connectivity index (χ1) is 10.0. The van der Waals surface area contributed by atoms with E-state index in [1.807, 2.05) is 4.57 Å². The molecule has 2 heterocycles. The summed E-state index contributed by atoms with van der Waals surface area (Å²) in [6.45, 7) is 6.10. The van der Waals surface area contributed by atoms with E-state index < -0.39 is 0 Å². The molecule has 1 aromatic rings. The lowest BCUT2D eigenvalue weighted by Crippen LogP contribution is -2.30. The molecule has 2 aliphatic rings. The molecule has 1 atom stereocenters. The zero-order chi connectivity index (χ0) is 15.0. The predicted molar refractivity (Wildman–Crippen MR) is 80.2 cm³/mol. The normalized spacial score (nSPS) is 23.5. The summed E-state index contributed by atoms with van der Waals surface area (Å²) in [5.74, 6) is 1.07. The Morgan fingerprint density at radius 3 is 2.95 bits per heavy atom. The summed E-state index contributed by atoms with van der Waals surface area (Å²) in [5.41, 5.74) is 0.213. The predicted octanol–water partition coefficient (Wildman–Crippen LogP) is 1.95. The maximum absolute atomic E-state index is 12.3. The van der Waals surface area contributed by atoms with Crippen LogP contribution in [0.1, 0.15) is 45.0 Å². The third-order valence-corrected chi connectivity index (χ3v) is 5.00. The fraction of sp³-hybridized carbons (Fsp3) is 0.786. The fourth-order valence-corrected chi connectivity index (χ4v) is 3.69. The van der Waals surface area contributed by atoms with E-state index in [2.05, 4.69) is 29.4 Å². The Balaban J connectivity index is 1.59. The van der Waals surface area contributed by atoms with Gasteiger partial charge >= 0.3 is 0 Å². The van der Waals surface area contributed by atoms with Crippen molar-refractivity contribution in [1.29, 1.82) is 0 Å². The Kier molecular flexibility index (Phi) is 3.88. The van der Waals surface area contributed by atoms with Crippen molar-refractivity contribution in [3.8, 4) is 0 Å². The molecule has 0 aromatic carbocycles. The lowest BCUT2D eigenvalue weighted by atomic mass is 9.93. The lowest BCUT2D eigenvalue weighted by molar-refractivity contribution is -0.123. The number of rotatable bonds is 4. The Labute approximate surface area is 129 Å². The number of nitrogens with one attached hydrogen (secondary N) is 2. The molecule has 21 heavy (non-hydrogen) atoms. The quantitative estimate of drug-likeness (QED) is 0.834. The molecular weight excluding hydrogens is 288 g/mol. The number of aromatic amines is 1. The van der Waals surface area contributed by atoms with Gasteiger partial charge in [0, 0.05) is 25.2 Å². The Bertz CT molecular complexity index is 586. The molecule has 1 saturated heterocycles. The van der Waals surface area contributed by atoms with E-state index in [4.69, 9.17) is 17.0 Å². The van der Waals surface area contributed by atoms with Gasteiger partial charge < -0.3 is 14.6 Å². The maximum atomic E-state index is 12.3. The Morgan fingerprint density at radius 2 is 2.29 bits per heavy atom. The number of aromatic nitrogens is 3. The number of nitrogens with zero attached hydrogens (tertiary/aromatic N) is 2. The SMILES string of the molecule is CC(C)n1c(CNC(=O)C2CC23CCOCC3)n[nH]c1=S. The summed E-state index contributed by atoms with van der Waals surface area (Å²) in [5, 5.41) is 10.0. The van der Waals surface area contributed by atoms with E-state index in [0.29, 0.717) is 11.3 Å². The van der Waals surface area contributed by atoms with Crippen molar-refractivity contribution in [2.75, 3.05) is 13.2 Å². The van der Waals surface area contributed by atoms with Crippen LogP contribution in [0.25, 0.3) is 0 Å². The van der Waals surface area contributed by atoms with Crippen LogP contribution in [0.15, 0.2) is 0 Å². The van der Waals surface area contributed by atoms with Crippen molar-refractivity contribution >= 4 is 18.1 Å². The average Bonchev–Trinajstić information content (AvgIpc) is 3.00. The summed E-state index contributed by atoms with van der Waals surface area (Å²) in [7, 11) is 0. The Morgan fingerprint density at radius 1 is 1.57 bits per heavy atom. The van der Waals surface area contributed by atoms with Crippen LogP contribution in [0.4, 0.5) is 0 Å². The van der Waals surface area contributed by atoms with Crippen molar-refractivity contribution in [3.05, 3.63) is 10.6 Å². The van der Waals surface area contributed by atoms with E-state index in [1.54, 1.807) is 0 Å². The molecule has 1 spiro atoms. The van der Waals surface area contributed by atoms with Gasteiger partial charge in [0.05, 0.1) is 6.54 Å². The van der Waals surface area contributed by atoms with E-state index in [-0.39, 0.29) is 23.3 Å². The molecule has 1 saturated carbocycles. The van der Waals surface area contributed by atoms with Crippen molar-refractivity contribution in [2.45, 2.75) is 45.7 Å². The van der Waals surface area contributed by atoms with Crippen LogP contribution in [-0.2, 0) is 16.1 Å². The molecule has 1 unspecified atom stereocenters. The van der Waals surface area contributed by atoms with Gasteiger partial charge in [0.15, 0.2) is 10.6 Å². The number of carbonyl (C=O) groups excluding carboxylic acids is 1. The number of H-pyrrole nitrogens is 1. The van der Waals surface area contributed by atoms with Crippen molar-refractivity contribution in [1.82, 2.24) is 20.1 Å². The molecule has 0 bridgehead atoms. The van der Waals surface area contributed by atoms with Gasteiger partial charge in [-0.1, -0.05) is 0 Å². The molecule has 116 valence electrons. The van der Waals surface area contributed by atoms with Crippen LogP contribution in [0, 0.1) is 16.1 Å². The first-order valence-electron chi connectivity index (χ1n) is 7.55. The second-order valence-corrected chi connectivity index (χ2v) is 6.74. The van der Waals surface area contributed by atoms with Crippen LogP contribution < -0.4 is 5.32 Å². The van der Waals surface area contributed by atoms with Crippen LogP contribution in [0.3, 0.4) is 0 Å². The van der Waals surface area contributed by atoms with Crippen LogP contribution in [0.2, 0.25) is 0 Å². The third kappa shape index (κ3) is 2.76. The fourth-order valence-electron chi connectivity index (χ4n) is 3.33. The zero-order valence-electron chi connectivity index (χ0n) is 12.5. The molecular formula is C14H22N4O2S. The summed E-state index contributed by atoms with van der Waals surface area (Å²) >= 11 is 5.21. The standard InChI is InChI=1S/C14H22N4O2S/c1-9(2)18-11(16-17-13(18)21)8-15-12(19)10-7-14(10)3-5-20-6-4-14/h9-10H,3-8H2,1-2H3,(H,15,19)(H,17,21). The van der Waals surface area contributed by atoms with E-state index in [9.17, 15) is 4.79 Å². The lowest BCUT2D eigenvalue weighted by Gasteiger charge is -2.22. The highest BCUT2D eigenvalue weighted by Crippen LogP contribution is 2.59. The topological polar surface area (TPSA) is 71.9 Å². The summed E-state index contributed by atoms with van der Waals surface area (Å²) in [4.78, 5) is 12.3. The summed E-state index contributed by atoms with van der Waals surface area (Å²) < 4.78 is 7.92. The van der Waals surface area contributed by atoms with Crippen LogP contribution in [-0.4, -0.2) is 33.9 Å². The maximum Gasteiger partial charge on any atom is 0.224 e. The van der Waals surface area contributed by atoms with Crippen molar-refractivity contribution in [3.63, 3.8) is 0 Å². The van der Waals surface area contributed by atoms with Crippen LogP contribution in [0.5, 0.6) is 0 Å². The van der Waals surface area contributed by atoms with Gasteiger partial charge in [0.25, 0.3) is 0 Å². The third-order valence-electron chi connectivity index (χ3n) is 4.71. The number of hydrogen-bond donors (Lipinski definition) is 2. The first-order valence-corrected chi connectivity index (χ1v) is 7.95. The monoisotopic (exact) mass is 310 g/mol. The van der Waals surface area contributed by atoms with Gasteiger partial charge in [-0.2, -0.15) is 5.10 Å². The van der Waals surface area contributed by atoms with Gasteiger partial charge in [0.2, 0.25) is 5.91 Å². The van der Waals surface area contributed by atoms with E-state index >= 15 is 0 Å². The number of ether oxygens (including phenoxy) is 1. The first kappa shape index (κ1) is 14.7. The minimum Gasteiger partial charge on any atom is -0.381 e. The van der Waals surface area contributed by atoms with E-state index in [1.165, 1.54) is 0 Å². The van der Waals surface area contributed by atoms with Gasteiger partial charge in [-0.3, -0.25) is 9.89 Å². The van der Waals surface area contributed by atoms with Crippen LogP contribution >= 0.6 is 12.2 Å². The largest absolute Gasteiger partial charge is 0.381 e. The van der Waals surface area contributed by atoms with E-state index in [0.717, 1.165) is 38.3 Å². The molecule has 1 amide bonds.